The summed E-state index contributed by atoms with van der Waals surface area (Å²) < 4.78 is 53.4. The average Bonchev–Trinajstić information content (AvgIpc) is 3.38. The highest BCUT2D eigenvalue weighted by molar-refractivity contribution is 7.89. The molecular formula is C16H22N6O5S2. The van der Waals surface area contributed by atoms with Gasteiger partial charge in [-0.05, 0) is 12.8 Å². The number of oxime groups is 1. The second-order valence-corrected chi connectivity index (χ2v) is 10.3. The molecule has 0 N–H and O–H groups in total. The van der Waals surface area contributed by atoms with Gasteiger partial charge in [0.05, 0.1) is 6.54 Å². The van der Waals surface area contributed by atoms with E-state index in [0.717, 1.165) is 10.6 Å². The standard InChI is InChI=1S/C16H22N6O5S2/c1-20(2)29(25,26)22-12-17-16(18-22)28(23,24)21(14-9-10-14)11-15(19-27-3)13-7-5-4-6-8-13/h4-8,12,14H,9-11H2,1-3H3/b19-15-. The molecule has 1 aliphatic carbocycles. The molecule has 0 unspecified atom stereocenters. The van der Waals surface area contributed by atoms with Gasteiger partial charge in [0.25, 0.3) is 15.2 Å². The van der Waals surface area contributed by atoms with Crippen molar-refractivity contribution in [2.75, 3.05) is 27.7 Å². The van der Waals surface area contributed by atoms with E-state index in [1.807, 2.05) is 18.2 Å². The summed E-state index contributed by atoms with van der Waals surface area (Å²) in [7, 11) is -4.11. The quantitative estimate of drug-likeness (QED) is 0.399. The van der Waals surface area contributed by atoms with Gasteiger partial charge in [-0.2, -0.15) is 17.0 Å². The van der Waals surface area contributed by atoms with E-state index in [4.69, 9.17) is 4.84 Å². The van der Waals surface area contributed by atoms with Gasteiger partial charge in [0.2, 0.25) is 0 Å². The van der Waals surface area contributed by atoms with Gasteiger partial charge in [-0.3, -0.25) is 0 Å². The fourth-order valence-corrected chi connectivity index (χ4v) is 4.78. The van der Waals surface area contributed by atoms with Crippen LogP contribution >= 0.6 is 0 Å². The Hall–Kier alpha value is -2.35. The summed E-state index contributed by atoms with van der Waals surface area (Å²) in [5.74, 6) is 0. The Kier molecular flexibility index (Phi) is 6.03. The van der Waals surface area contributed by atoms with Crippen LogP contribution in [0.1, 0.15) is 18.4 Å². The molecule has 0 amide bonds. The fourth-order valence-electron chi connectivity index (χ4n) is 2.57. The first kappa shape index (κ1) is 21.4. The van der Waals surface area contributed by atoms with Gasteiger partial charge in [-0.25, -0.2) is 13.4 Å². The molecule has 0 radical (unpaired) electrons. The lowest BCUT2D eigenvalue weighted by atomic mass is 10.1. The number of nitrogens with zero attached hydrogens (tertiary/aromatic N) is 6. The molecule has 0 atom stereocenters. The van der Waals surface area contributed by atoms with E-state index in [1.54, 1.807) is 12.1 Å². The van der Waals surface area contributed by atoms with Crippen LogP contribution in [0.3, 0.4) is 0 Å². The number of aromatic nitrogens is 3. The molecule has 158 valence electrons. The Morgan fingerprint density at radius 3 is 2.41 bits per heavy atom. The van der Waals surface area contributed by atoms with Crippen LogP contribution in [0, 0.1) is 0 Å². The van der Waals surface area contributed by atoms with Crippen LogP contribution in [-0.4, -0.2) is 79.1 Å². The number of sulfonamides is 1. The highest BCUT2D eigenvalue weighted by atomic mass is 32.2. The van der Waals surface area contributed by atoms with Crippen LogP contribution in [-0.2, 0) is 25.1 Å². The lowest BCUT2D eigenvalue weighted by molar-refractivity contribution is 0.212. The Morgan fingerprint density at radius 2 is 1.86 bits per heavy atom. The summed E-state index contributed by atoms with van der Waals surface area (Å²) in [6.45, 7) is -0.0557. The van der Waals surface area contributed by atoms with E-state index >= 15 is 0 Å². The lowest BCUT2D eigenvalue weighted by Gasteiger charge is -2.20. The first-order valence-electron chi connectivity index (χ1n) is 8.70. The molecule has 1 aromatic carbocycles. The zero-order valence-electron chi connectivity index (χ0n) is 16.2. The van der Waals surface area contributed by atoms with Crippen LogP contribution in [0.25, 0.3) is 0 Å². The van der Waals surface area contributed by atoms with Crippen molar-refractivity contribution in [2.45, 2.75) is 24.0 Å². The highest BCUT2D eigenvalue weighted by Gasteiger charge is 2.41. The third-order valence-corrected chi connectivity index (χ3v) is 7.52. The normalized spacial score (nSPS) is 15.8. The SMILES string of the molecule is CO/N=C(/CN(C1CC1)S(=O)(=O)c1ncn(S(=O)(=O)N(C)C)n1)c1ccccc1. The summed E-state index contributed by atoms with van der Waals surface area (Å²) in [6.07, 6.45) is 2.24. The van der Waals surface area contributed by atoms with Crippen LogP contribution in [0.5, 0.6) is 0 Å². The monoisotopic (exact) mass is 442 g/mol. The minimum atomic E-state index is -4.15. The number of hydrogen-bond acceptors (Lipinski definition) is 8. The van der Waals surface area contributed by atoms with Crippen molar-refractivity contribution in [2.24, 2.45) is 5.16 Å². The molecule has 1 saturated carbocycles. The average molecular weight is 443 g/mol. The molecular weight excluding hydrogens is 420 g/mol. The van der Waals surface area contributed by atoms with Crippen molar-refractivity contribution < 1.29 is 21.7 Å². The van der Waals surface area contributed by atoms with Crippen molar-refractivity contribution >= 4 is 25.9 Å². The van der Waals surface area contributed by atoms with Crippen molar-refractivity contribution in [3.05, 3.63) is 42.2 Å². The third kappa shape index (κ3) is 4.47. The van der Waals surface area contributed by atoms with Crippen molar-refractivity contribution in [1.29, 1.82) is 0 Å². The summed E-state index contributed by atoms with van der Waals surface area (Å²) >= 11 is 0. The third-order valence-electron chi connectivity index (χ3n) is 4.26. The number of hydrogen-bond donors (Lipinski definition) is 0. The Bertz CT molecular complexity index is 1090. The van der Waals surface area contributed by atoms with Gasteiger partial charge < -0.3 is 4.84 Å². The Morgan fingerprint density at radius 1 is 1.21 bits per heavy atom. The van der Waals surface area contributed by atoms with Crippen LogP contribution < -0.4 is 0 Å². The smallest absolute Gasteiger partial charge is 0.323 e. The van der Waals surface area contributed by atoms with Gasteiger partial charge in [0.1, 0.15) is 19.1 Å². The number of rotatable bonds is 9. The largest absolute Gasteiger partial charge is 0.399 e. The van der Waals surface area contributed by atoms with Gasteiger partial charge in [0, 0.05) is 25.7 Å². The molecule has 1 heterocycles. The molecule has 2 aromatic rings. The van der Waals surface area contributed by atoms with Gasteiger partial charge in [0.15, 0.2) is 0 Å². The van der Waals surface area contributed by atoms with Crippen molar-refractivity contribution in [1.82, 2.24) is 22.8 Å². The predicted octanol–water partition coefficient (Wildman–Crippen LogP) is 0.136. The second kappa shape index (κ2) is 8.18. The fraction of sp³-hybridized carbons (Fsp3) is 0.438. The minimum absolute atomic E-state index is 0.0557. The molecule has 29 heavy (non-hydrogen) atoms. The van der Waals surface area contributed by atoms with E-state index in [0.29, 0.717) is 28.2 Å². The molecule has 3 rings (SSSR count). The highest BCUT2D eigenvalue weighted by Crippen LogP contribution is 2.31. The molecule has 1 aromatic heterocycles. The minimum Gasteiger partial charge on any atom is -0.399 e. The maximum Gasteiger partial charge on any atom is 0.323 e. The van der Waals surface area contributed by atoms with Crippen LogP contribution in [0.15, 0.2) is 47.0 Å². The van der Waals surface area contributed by atoms with E-state index in [-0.39, 0.29) is 12.6 Å². The summed E-state index contributed by atoms with van der Waals surface area (Å²) in [4.78, 5) is 8.64. The molecule has 11 nitrogen and oxygen atoms in total. The maximum atomic E-state index is 13.2. The summed E-state index contributed by atoms with van der Waals surface area (Å²) in [5.41, 5.74) is 1.13. The van der Waals surface area contributed by atoms with E-state index in [2.05, 4.69) is 15.2 Å². The molecule has 0 saturated heterocycles. The topological polar surface area (TPSA) is 127 Å². The second-order valence-electron chi connectivity index (χ2n) is 6.56. The predicted molar refractivity (Wildman–Crippen MR) is 105 cm³/mol. The zero-order chi connectivity index (χ0) is 21.2. The molecule has 0 aliphatic heterocycles. The molecule has 1 aliphatic rings. The number of benzene rings is 1. The first-order valence-corrected chi connectivity index (χ1v) is 11.5. The van der Waals surface area contributed by atoms with E-state index in [1.165, 1.54) is 25.5 Å². The van der Waals surface area contributed by atoms with Gasteiger partial charge >= 0.3 is 10.2 Å². The summed E-state index contributed by atoms with van der Waals surface area (Å²) in [5, 5.41) is 7.10. The van der Waals surface area contributed by atoms with Gasteiger partial charge in [-0.1, -0.05) is 35.5 Å². The Balaban J connectivity index is 1.95. The lowest BCUT2D eigenvalue weighted by Crippen LogP contribution is -2.38. The van der Waals surface area contributed by atoms with Gasteiger partial charge in [-0.15, -0.1) is 9.19 Å². The van der Waals surface area contributed by atoms with Crippen LogP contribution in [0.4, 0.5) is 0 Å². The molecule has 0 bridgehead atoms. The molecule has 0 spiro atoms. The zero-order valence-corrected chi connectivity index (χ0v) is 17.8. The maximum absolute atomic E-state index is 13.2. The molecule has 1 fully saturated rings. The van der Waals surface area contributed by atoms with Crippen LogP contribution in [0.2, 0.25) is 0 Å². The van der Waals surface area contributed by atoms with Crippen molar-refractivity contribution in [3.8, 4) is 0 Å². The van der Waals surface area contributed by atoms with E-state index < -0.39 is 25.4 Å². The molecule has 13 heteroatoms. The van der Waals surface area contributed by atoms with Crippen molar-refractivity contribution in [3.63, 3.8) is 0 Å². The van der Waals surface area contributed by atoms with E-state index in [9.17, 15) is 16.8 Å². The summed E-state index contributed by atoms with van der Waals surface area (Å²) in [6, 6.07) is 8.82. The first-order chi connectivity index (χ1) is 13.7. The Labute approximate surface area is 169 Å².